The first-order valence-corrected chi connectivity index (χ1v) is 9.93. The molecular weight excluding hydrogens is 366 g/mol. The summed E-state index contributed by atoms with van der Waals surface area (Å²) < 4.78 is 25.1. The van der Waals surface area contributed by atoms with Crippen molar-refractivity contribution in [3.8, 4) is 0 Å². The summed E-state index contributed by atoms with van der Waals surface area (Å²) in [5.74, 6) is 0.456. The number of hydrogen-bond acceptors (Lipinski definition) is 7. The summed E-state index contributed by atoms with van der Waals surface area (Å²) in [4.78, 5) is 20.3. The Labute approximate surface area is 150 Å². The number of hydrogen-bond donors (Lipinski definition) is 0. The van der Waals surface area contributed by atoms with Gasteiger partial charge in [-0.2, -0.15) is 5.10 Å². The predicted octanol–water partition coefficient (Wildman–Crippen LogP) is 0.559. The summed E-state index contributed by atoms with van der Waals surface area (Å²) in [5.41, 5.74) is 0.249. The second-order valence-corrected chi connectivity index (χ2v) is 8.21. The zero-order valence-corrected chi connectivity index (χ0v) is 15.5. The molecule has 1 saturated heterocycles. The molecule has 0 atom stereocenters. The number of aromatic nitrogens is 3. The first kappa shape index (κ1) is 17.7. The molecule has 1 fully saturated rings. The molecule has 2 aromatic heterocycles. The van der Waals surface area contributed by atoms with E-state index in [1.807, 2.05) is 9.80 Å². The molecule has 25 heavy (non-hydrogen) atoms. The SMILES string of the molecule is Cn1ncc(N2CCN(c3ncccc3S(C)(=O)=O)CC2)c(Cl)c1=O. The van der Waals surface area contributed by atoms with Gasteiger partial charge in [0.25, 0.3) is 5.56 Å². The Balaban J connectivity index is 1.82. The van der Waals surface area contributed by atoms with E-state index in [4.69, 9.17) is 11.6 Å². The van der Waals surface area contributed by atoms with Crippen molar-refractivity contribution in [1.29, 1.82) is 0 Å². The topological polar surface area (TPSA) is 88.4 Å². The van der Waals surface area contributed by atoms with Gasteiger partial charge in [0.2, 0.25) is 0 Å². The second kappa shape index (κ2) is 6.64. The van der Waals surface area contributed by atoms with Crippen LogP contribution in [0.1, 0.15) is 0 Å². The lowest BCUT2D eigenvalue weighted by Crippen LogP contribution is -2.47. The number of pyridine rings is 1. The fourth-order valence-electron chi connectivity index (χ4n) is 2.79. The van der Waals surface area contributed by atoms with Crippen LogP contribution in [0.3, 0.4) is 0 Å². The third-order valence-corrected chi connectivity index (χ3v) is 5.60. The van der Waals surface area contributed by atoms with Crippen LogP contribution in [0, 0.1) is 0 Å². The van der Waals surface area contributed by atoms with Gasteiger partial charge in [-0.05, 0) is 12.1 Å². The van der Waals surface area contributed by atoms with Crippen LogP contribution in [0.2, 0.25) is 5.02 Å². The van der Waals surface area contributed by atoms with Crippen LogP contribution in [0.5, 0.6) is 0 Å². The third kappa shape index (κ3) is 3.47. The number of piperazine rings is 1. The minimum absolute atomic E-state index is 0.139. The van der Waals surface area contributed by atoms with Crippen LogP contribution in [0.25, 0.3) is 0 Å². The highest BCUT2D eigenvalue weighted by atomic mass is 35.5. The van der Waals surface area contributed by atoms with Crippen molar-refractivity contribution in [2.24, 2.45) is 7.05 Å². The number of anilines is 2. The van der Waals surface area contributed by atoms with Crippen molar-refractivity contribution in [1.82, 2.24) is 14.8 Å². The van der Waals surface area contributed by atoms with E-state index >= 15 is 0 Å². The average Bonchev–Trinajstić information content (AvgIpc) is 2.59. The zero-order valence-electron chi connectivity index (χ0n) is 13.9. The molecule has 1 aliphatic heterocycles. The Morgan fingerprint density at radius 2 is 1.80 bits per heavy atom. The molecule has 2 aromatic rings. The molecule has 8 nitrogen and oxygen atoms in total. The van der Waals surface area contributed by atoms with Gasteiger partial charge in [0.1, 0.15) is 15.7 Å². The molecule has 1 aliphatic rings. The van der Waals surface area contributed by atoms with Crippen molar-refractivity contribution < 1.29 is 8.42 Å². The maximum atomic E-state index is 12.0. The normalized spacial score (nSPS) is 15.5. The van der Waals surface area contributed by atoms with Gasteiger partial charge in [0, 0.05) is 45.7 Å². The lowest BCUT2D eigenvalue weighted by atomic mass is 10.2. The van der Waals surface area contributed by atoms with E-state index in [1.165, 1.54) is 10.9 Å². The van der Waals surface area contributed by atoms with Gasteiger partial charge in [0.15, 0.2) is 9.84 Å². The highest BCUT2D eigenvalue weighted by molar-refractivity contribution is 7.90. The van der Waals surface area contributed by atoms with Crippen LogP contribution in [0.15, 0.2) is 34.2 Å². The summed E-state index contributed by atoms with van der Waals surface area (Å²) >= 11 is 6.15. The molecule has 134 valence electrons. The smallest absolute Gasteiger partial charge is 0.287 e. The number of nitrogens with zero attached hydrogens (tertiary/aromatic N) is 5. The summed E-state index contributed by atoms with van der Waals surface area (Å²) in [5, 5.41) is 4.15. The van der Waals surface area contributed by atoms with Crippen molar-refractivity contribution in [2.45, 2.75) is 4.90 Å². The van der Waals surface area contributed by atoms with Gasteiger partial charge < -0.3 is 9.80 Å². The zero-order chi connectivity index (χ0) is 18.2. The molecule has 0 unspecified atom stereocenters. The van der Waals surface area contributed by atoms with E-state index in [1.54, 1.807) is 31.6 Å². The Kier molecular flexibility index (Phi) is 4.70. The van der Waals surface area contributed by atoms with E-state index in [0.717, 1.165) is 0 Å². The molecular formula is C15H18ClN5O3S. The van der Waals surface area contributed by atoms with Crippen molar-refractivity contribution in [3.05, 3.63) is 39.9 Å². The Morgan fingerprint density at radius 3 is 2.44 bits per heavy atom. The first-order valence-electron chi connectivity index (χ1n) is 7.66. The largest absolute Gasteiger partial charge is 0.365 e. The molecule has 0 spiro atoms. The van der Waals surface area contributed by atoms with Gasteiger partial charge in [-0.3, -0.25) is 4.79 Å². The summed E-state index contributed by atoms with van der Waals surface area (Å²) in [6, 6.07) is 3.17. The van der Waals surface area contributed by atoms with Gasteiger partial charge in [-0.25, -0.2) is 18.1 Å². The monoisotopic (exact) mass is 383 g/mol. The molecule has 10 heteroatoms. The second-order valence-electron chi connectivity index (χ2n) is 5.84. The number of rotatable bonds is 3. The highest BCUT2D eigenvalue weighted by Crippen LogP contribution is 2.26. The van der Waals surface area contributed by atoms with Crippen LogP contribution in [-0.4, -0.2) is 55.6 Å². The summed E-state index contributed by atoms with van der Waals surface area (Å²) in [6.07, 6.45) is 4.33. The fraction of sp³-hybridized carbons (Fsp3) is 0.400. The van der Waals surface area contributed by atoms with Gasteiger partial charge in [-0.15, -0.1) is 0 Å². The quantitative estimate of drug-likeness (QED) is 0.765. The third-order valence-electron chi connectivity index (χ3n) is 4.13. The van der Waals surface area contributed by atoms with E-state index in [0.29, 0.717) is 37.7 Å². The minimum Gasteiger partial charge on any atom is -0.365 e. The fourth-order valence-corrected chi connectivity index (χ4v) is 3.92. The van der Waals surface area contributed by atoms with Crippen LogP contribution in [-0.2, 0) is 16.9 Å². The van der Waals surface area contributed by atoms with E-state index in [9.17, 15) is 13.2 Å². The Bertz CT molecular complexity index is 952. The van der Waals surface area contributed by atoms with Crippen LogP contribution >= 0.6 is 11.6 Å². The van der Waals surface area contributed by atoms with Gasteiger partial charge >= 0.3 is 0 Å². The lowest BCUT2D eigenvalue weighted by Gasteiger charge is -2.37. The molecule has 0 aliphatic carbocycles. The highest BCUT2D eigenvalue weighted by Gasteiger charge is 2.25. The lowest BCUT2D eigenvalue weighted by molar-refractivity contribution is 0.598. The maximum Gasteiger partial charge on any atom is 0.287 e. The van der Waals surface area contributed by atoms with Crippen molar-refractivity contribution in [2.75, 3.05) is 42.2 Å². The maximum absolute atomic E-state index is 12.0. The molecule has 3 heterocycles. The molecule has 0 aromatic carbocycles. The first-order chi connectivity index (χ1) is 11.8. The average molecular weight is 384 g/mol. The standard InChI is InChI=1S/C15H18ClN5O3S/c1-19-15(22)13(16)11(10-18-19)20-6-8-21(9-7-20)14-12(25(2,23)24)4-3-5-17-14/h3-5,10H,6-9H2,1-2H3. The minimum atomic E-state index is -3.36. The van der Waals surface area contributed by atoms with Gasteiger partial charge in [-0.1, -0.05) is 11.6 Å². The van der Waals surface area contributed by atoms with E-state index < -0.39 is 9.84 Å². The molecule has 0 radical (unpaired) electrons. The van der Waals surface area contributed by atoms with Crippen molar-refractivity contribution in [3.63, 3.8) is 0 Å². The summed E-state index contributed by atoms with van der Waals surface area (Å²) in [7, 11) is -1.81. The molecule has 0 N–H and O–H groups in total. The van der Waals surface area contributed by atoms with Crippen molar-refractivity contribution >= 4 is 32.9 Å². The Morgan fingerprint density at radius 1 is 1.16 bits per heavy atom. The summed E-state index contributed by atoms with van der Waals surface area (Å²) in [6.45, 7) is 2.28. The number of sulfone groups is 1. The molecule has 0 amide bonds. The van der Waals surface area contributed by atoms with Crippen LogP contribution in [0.4, 0.5) is 11.5 Å². The molecule has 0 saturated carbocycles. The molecule has 3 rings (SSSR count). The number of aryl methyl sites for hydroxylation is 1. The van der Waals surface area contributed by atoms with E-state index in [2.05, 4.69) is 10.1 Å². The Hall–Kier alpha value is -2.13. The van der Waals surface area contributed by atoms with Crippen LogP contribution < -0.4 is 15.4 Å². The van der Waals surface area contributed by atoms with Gasteiger partial charge in [0.05, 0.1) is 11.9 Å². The predicted molar refractivity (Wildman–Crippen MR) is 96.3 cm³/mol. The van der Waals surface area contributed by atoms with E-state index in [-0.39, 0.29) is 15.5 Å². The number of halogens is 1. The molecule has 0 bridgehead atoms.